The molecule has 0 atom stereocenters. The number of nitrogens with zero attached hydrogens (tertiary/aromatic N) is 4. The molecule has 2 aromatic rings. The fourth-order valence-electron chi connectivity index (χ4n) is 1.50. The molecule has 0 bridgehead atoms. The molecule has 0 aliphatic rings. The van der Waals surface area contributed by atoms with Crippen LogP contribution in [0.3, 0.4) is 0 Å². The van der Waals surface area contributed by atoms with Gasteiger partial charge >= 0.3 is 6.01 Å². The van der Waals surface area contributed by atoms with Gasteiger partial charge in [0.05, 0.1) is 25.1 Å². The van der Waals surface area contributed by atoms with Crippen molar-refractivity contribution in [2.24, 2.45) is 0 Å². The summed E-state index contributed by atoms with van der Waals surface area (Å²) in [7, 11) is 0. The first-order valence-electron chi connectivity index (χ1n) is 6.38. The van der Waals surface area contributed by atoms with E-state index in [9.17, 15) is 4.79 Å². The van der Waals surface area contributed by atoms with Crippen molar-refractivity contribution in [1.29, 1.82) is 0 Å². The number of hydrogen-bond acceptors (Lipinski definition) is 8. The maximum atomic E-state index is 12.1. The van der Waals surface area contributed by atoms with E-state index in [2.05, 4.69) is 24.9 Å². The van der Waals surface area contributed by atoms with Gasteiger partial charge in [0.1, 0.15) is 10.6 Å². The fourth-order valence-corrected chi connectivity index (χ4v) is 2.05. The maximum absolute atomic E-state index is 12.1. The molecule has 2 heterocycles. The first-order chi connectivity index (χ1) is 10.2. The van der Waals surface area contributed by atoms with Gasteiger partial charge in [-0.15, -0.1) is 5.10 Å². The fraction of sp³-hybridized carbons (Fsp3) is 0.417. The normalized spacial score (nSPS) is 10.2. The minimum absolute atomic E-state index is 0.203. The number of anilines is 1. The first kappa shape index (κ1) is 15.1. The van der Waals surface area contributed by atoms with E-state index in [-0.39, 0.29) is 17.8 Å². The number of amides is 1. The molecule has 0 unspecified atom stereocenters. The van der Waals surface area contributed by atoms with E-state index in [1.54, 1.807) is 6.92 Å². The lowest BCUT2D eigenvalue weighted by Crippen LogP contribution is -2.14. The van der Waals surface area contributed by atoms with Crippen molar-refractivity contribution in [3.63, 3.8) is 0 Å². The summed E-state index contributed by atoms with van der Waals surface area (Å²) in [4.78, 5) is 20.7. The standard InChI is InChI=1S/C12H15N5O3S/c1-4-19-11-8(6-13-12(15-11)20-5-2)14-10(18)9-7(3)16-17-21-9/h6H,4-5H2,1-3H3,(H,14,18). The Kier molecular flexibility index (Phi) is 4.99. The van der Waals surface area contributed by atoms with Gasteiger partial charge in [-0.2, -0.15) is 4.98 Å². The van der Waals surface area contributed by atoms with Gasteiger partial charge in [0.15, 0.2) is 0 Å². The number of rotatable bonds is 6. The van der Waals surface area contributed by atoms with Crippen LogP contribution in [0.15, 0.2) is 6.20 Å². The van der Waals surface area contributed by atoms with Gasteiger partial charge in [-0.05, 0) is 32.3 Å². The Balaban J connectivity index is 2.22. The van der Waals surface area contributed by atoms with E-state index in [1.807, 2.05) is 13.8 Å². The summed E-state index contributed by atoms with van der Waals surface area (Å²) >= 11 is 1.03. The molecule has 0 spiro atoms. The average molecular weight is 309 g/mol. The topological polar surface area (TPSA) is 99.1 Å². The van der Waals surface area contributed by atoms with Crippen molar-refractivity contribution in [2.75, 3.05) is 18.5 Å². The van der Waals surface area contributed by atoms with Crippen molar-refractivity contribution >= 4 is 23.1 Å². The van der Waals surface area contributed by atoms with Gasteiger partial charge in [-0.3, -0.25) is 4.79 Å². The third kappa shape index (κ3) is 3.63. The Bertz CT molecular complexity index is 631. The lowest BCUT2D eigenvalue weighted by Gasteiger charge is -2.10. The predicted molar refractivity (Wildman–Crippen MR) is 77.0 cm³/mol. The summed E-state index contributed by atoms with van der Waals surface area (Å²) < 4.78 is 14.3. The van der Waals surface area contributed by atoms with Crippen LogP contribution in [0.1, 0.15) is 29.2 Å². The number of carbonyl (C=O) groups is 1. The molecule has 1 N–H and O–H groups in total. The number of aromatic nitrogens is 4. The Morgan fingerprint density at radius 3 is 2.71 bits per heavy atom. The number of nitrogens with one attached hydrogen (secondary N) is 1. The van der Waals surface area contributed by atoms with Gasteiger partial charge in [0.25, 0.3) is 5.91 Å². The highest BCUT2D eigenvalue weighted by Gasteiger charge is 2.17. The monoisotopic (exact) mass is 309 g/mol. The molecule has 2 aromatic heterocycles. The van der Waals surface area contributed by atoms with Gasteiger partial charge in [-0.1, -0.05) is 4.49 Å². The van der Waals surface area contributed by atoms with E-state index in [0.29, 0.717) is 29.5 Å². The molecule has 1 amide bonds. The van der Waals surface area contributed by atoms with Gasteiger partial charge in [0, 0.05) is 0 Å². The van der Waals surface area contributed by atoms with Crippen molar-refractivity contribution in [3.05, 3.63) is 16.8 Å². The Hall–Kier alpha value is -2.29. The molecule has 0 saturated heterocycles. The Labute approximate surface area is 125 Å². The summed E-state index contributed by atoms with van der Waals surface area (Å²) in [5.74, 6) is -0.0596. The second-order valence-electron chi connectivity index (χ2n) is 3.88. The summed E-state index contributed by atoms with van der Waals surface area (Å²) in [5.41, 5.74) is 0.945. The molecule has 0 saturated carbocycles. The molecule has 0 fully saturated rings. The van der Waals surface area contributed by atoms with Crippen LogP contribution in [0.2, 0.25) is 0 Å². The molecule has 2 rings (SSSR count). The highest BCUT2D eigenvalue weighted by molar-refractivity contribution is 7.08. The average Bonchev–Trinajstić information content (AvgIpc) is 2.88. The minimum atomic E-state index is -0.323. The molecule has 0 radical (unpaired) electrons. The zero-order valence-corrected chi connectivity index (χ0v) is 12.7. The summed E-state index contributed by atoms with van der Waals surface area (Å²) in [6, 6.07) is 0.203. The lowest BCUT2D eigenvalue weighted by atomic mass is 10.3. The Morgan fingerprint density at radius 2 is 2.10 bits per heavy atom. The third-order valence-electron chi connectivity index (χ3n) is 2.39. The molecule has 0 aliphatic carbocycles. The molecule has 0 aliphatic heterocycles. The van der Waals surface area contributed by atoms with Crippen LogP contribution < -0.4 is 14.8 Å². The van der Waals surface area contributed by atoms with Crippen molar-refractivity contribution < 1.29 is 14.3 Å². The third-order valence-corrected chi connectivity index (χ3v) is 3.22. The minimum Gasteiger partial charge on any atom is -0.476 e. The molecule has 0 aromatic carbocycles. The molecule has 112 valence electrons. The molecule has 8 nitrogen and oxygen atoms in total. The van der Waals surface area contributed by atoms with E-state index in [0.717, 1.165) is 11.5 Å². The summed E-state index contributed by atoms with van der Waals surface area (Å²) in [6.45, 7) is 6.23. The zero-order chi connectivity index (χ0) is 15.2. The second-order valence-corrected chi connectivity index (χ2v) is 4.63. The lowest BCUT2D eigenvalue weighted by molar-refractivity contribution is 0.102. The predicted octanol–water partition coefficient (Wildman–Crippen LogP) is 1.69. The zero-order valence-electron chi connectivity index (χ0n) is 11.9. The number of carbonyl (C=O) groups excluding carboxylic acids is 1. The molecular weight excluding hydrogens is 294 g/mol. The largest absolute Gasteiger partial charge is 0.476 e. The Morgan fingerprint density at radius 1 is 1.33 bits per heavy atom. The van der Waals surface area contributed by atoms with Crippen molar-refractivity contribution in [1.82, 2.24) is 19.6 Å². The number of hydrogen-bond donors (Lipinski definition) is 1. The number of ether oxygens (including phenoxy) is 2. The molecule has 21 heavy (non-hydrogen) atoms. The van der Waals surface area contributed by atoms with Gasteiger partial charge < -0.3 is 14.8 Å². The first-order valence-corrected chi connectivity index (χ1v) is 7.16. The highest BCUT2D eigenvalue weighted by atomic mass is 32.1. The van der Waals surface area contributed by atoms with Gasteiger partial charge in [-0.25, -0.2) is 4.98 Å². The van der Waals surface area contributed by atoms with Crippen LogP contribution in [0, 0.1) is 6.92 Å². The molecule has 9 heteroatoms. The number of aryl methyl sites for hydroxylation is 1. The summed E-state index contributed by atoms with van der Waals surface area (Å²) in [5, 5.41) is 6.50. The van der Waals surface area contributed by atoms with E-state index in [4.69, 9.17) is 9.47 Å². The van der Waals surface area contributed by atoms with Crippen LogP contribution in [-0.4, -0.2) is 38.7 Å². The van der Waals surface area contributed by atoms with Crippen LogP contribution >= 0.6 is 11.5 Å². The van der Waals surface area contributed by atoms with Crippen LogP contribution in [0.4, 0.5) is 5.69 Å². The summed E-state index contributed by atoms with van der Waals surface area (Å²) in [6.07, 6.45) is 1.45. The van der Waals surface area contributed by atoms with Crippen LogP contribution in [-0.2, 0) is 0 Å². The second kappa shape index (κ2) is 6.93. The quantitative estimate of drug-likeness (QED) is 0.866. The van der Waals surface area contributed by atoms with E-state index in [1.165, 1.54) is 6.20 Å². The van der Waals surface area contributed by atoms with Gasteiger partial charge in [0.2, 0.25) is 5.88 Å². The van der Waals surface area contributed by atoms with Crippen LogP contribution in [0.25, 0.3) is 0 Å². The van der Waals surface area contributed by atoms with Crippen molar-refractivity contribution in [3.8, 4) is 11.9 Å². The van der Waals surface area contributed by atoms with Crippen LogP contribution in [0.5, 0.6) is 11.9 Å². The maximum Gasteiger partial charge on any atom is 0.319 e. The highest BCUT2D eigenvalue weighted by Crippen LogP contribution is 2.24. The van der Waals surface area contributed by atoms with E-state index >= 15 is 0 Å². The van der Waals surface area contributed by atoms with Crippen molar-refractivity contribution in [2.45, 2.75) is 20.8 Å². The molecular formula is C12H15N5O3S. The SMILES string of the molecule is CCOc1ncc(NC(=O)c2snnc2C)c(OCC)n1. The smallest absolute Gasteiger partial charge is 0.319 e. The van der Waals surface area contributed by atoms with E-state index < -0.39 is 0 Å².